The van der Waals surface area contributed by atoms with Gasteiger partial charge < -0.3 is 9.84 Å². The van der Waals surface area contributed by atoms with Gasteiger partial charge in [-0.2, -0.15) is 0 Å². The topological polar surface area (TPSA) is 58.9 Å². The zero-order chi connectivity index (χ0) is 19.9. The molecule has 5 heteroatoms. The first-order valence-electron chi connectivity index (χ1n) is 9.20. The Hall–Kier alpha value is -2.76. The van der Waals surface area contributed by atoms with Crippen molar-refractivity contribution in [3.8, 4) is 11.5 Å². The highest BCUT2D eigenvalue weighted by atomic mass is 17.1. The highest BCUT2D eigenvalue weighted by Crippen LogP contribution is 2.47. The normalized spacial score (nSPS) is 19.2. The van der Waals surface area contributed by atoms with Crippen LogP contribution in [0, 0.1) is 6.92 Å². The van der Waals surface area contributed by atoms with Crippen molar-refractivity contribution in [2.24, 2.45) is 0 Å². The lowest BCUT2D eigenvalue weighted by Gasteiger charge is -2.32. The minimum Gasteiger partial charge on any atom is -0.507 e. The van der Waals surface area contributed by atoms with Gasteiger partial charge >= 0.3 is 0 Å². The third kappa shape index (κ3) is 3.28. The van der Waals surface area contributed by atoms with E-state index in [-0.39, 0.29) is 5.75 Å². The Morgan fingerprint density at radius 3 is 2.61 bits per heavy atom. The molecule has 0 saturated carbocycles. The van der Waals surface area contributed by atoms with Crippen LogP contribution in [0.25, 0.3) is 16.8 Å². The number of aromatic hydroxyl groups is 1. The van der Waals surface area contributed by atoms with Crippen LogP contribution in [-0.2, 0) is 11.3 Å². The number of hydrogen-bond donors (Lipinski definition) is 2. The molecule has 2 N–H and O–H groups in total. The van der Waals surface area contributed by atoms with Crippen LogP contribution in [0.3, 0.4) is 0 Å². The highest BCUT2D eigenvalue weighted by molar-refractivity contribution is 6.17. The first kappa shape index (κ1) is 18.6. The predicted octanol–water partition coefficient (Wildman–Crippen LogP) is 4.92. The van der Waals surface area contributed by atoms with E-state index in [1.165, 1.54) is 0 Å². The lowest BCUT2D eigenvalue weighted by molar-refractivity contribution is -0.281. The Labute approximate surface area is 165 Å². The molecule has 28 heavy (non-hydrogen) atoms. The second-order valence-electron chi connectivity index (χ2n) is 7.46. The van der Waals surface area contributed by atoms with E-state index < -0.39 is 11.6 Å². The molecular formula is C23H21BO4. The summed E-state index contributed by atoms with van der Waals surface area (Å²) in [6.07, 6.45) is 3.18. The summed E-state index contributed by atoms with van der Waals surface area (Å²) >= 11 is 0. The van der Waals surface area contributed by atoms with E-state index in [1.807, 2.05) is 61.5 Å². The summed E-state index contributed by atoms with van der Waals surface area (Å²) in [5.74, 6) is 0.645. The second kappa shape index (κ2) is 7.00. The van der Waals surface area contributed by atoms with Gasteiger partial charge in [0.1, 0.15) is 25.4 Å². The Kier molecular flexibility index (Phi) is 4.65. The maximum absolute atomic E-state index is 11.1. The standard InChI is InChI=1S/C23H21BO4/c1-14-8-9-16-18(12-14)22-17(10-11-23(2,24)27-22)20(21(16)25)19(28-26)13-15-6-4-3-5-7-15/h3-12,19,25-26H,13H2,1-2H3. The average molecular weight is 372 g/mol. The van der Waals surface area contributed by atoms with Crippen molar-refractivity contribution in [2.75, 3.05) is 0 Å². The molecule has 1 aliphatic heterocycles. The molecule has 2 atom stereocenters. The van der Waals surface area contributed by atoms with Crippen molar-refractivity contribution in [3.05, 3.63) is 76.9 Å². The molecule has 0 bridgehead atoms. The molecule has 3 aromatic rings. The first-order chi connectivity index (χ1) is 13.4. The van der Waals surface area contributed by atoms with Crippen LogP contribution in [0.2, 0.25) is 0 Å². The third-order valence-corrected chi connectivity index (χ3v) is 5.08. The maximum Gasteiger partial charge on any atom is 0.137 e. The van der Waals surface area contributed by atoms with Crippen molar-refractivity contribution in [2.45, 2.75) is 31.9 Å². The SMILES string of the molecule is [B]C1(C)C=Cc2c(C(Cc3ccccc3)OO)c(O)c3ccc(C)cc3c2O1. The van der Waals surface area contributed by atoms with Gasteiger partial charge in [0.05, 0.1) is 5.50 Å². The summed E-state index contributed by atoms with van der Waals surface area (Å²) in [7, 11) is 6.19. The van der Waals surface area contributed by atoms with E-state index in [2.05, 4.69) is 0 Å². The fourth-order valence-corrected chi connectivity index (χ4v) is 3.72. The molecule has 1 aliphatic rings. The summed E-state index contributed by atoms with van der Waals surface area (Å²) < 4.78 is 6.07. The van der Waals surface area contributed by atoms with Crippen molar-refractivity contribution < 1.29 is 20.0 Å². The Balaban J connectivity index is 1.95. The van der Waals surface area contributed by atoms with Gasteiger partial charge in [0.25, 0.3) is 0 Å². The predicted molar refractivity (Wildman–Crippen MR) is 111 cm³/mol. The van der Waals surface area contributed by atoms with Gasteiger partial charge in [-0.1, -0.05) is 60.2 Å². The van der Waals surface area contributed by atoms with Crippen LogP contribution in [0.5, 0.6) is 11.5 Å². The molecule has 0 aliphatic carbocycles. The number of aryl methyl sites for hydroxylation is 1. The van der Waals surface area contributed by atoms with Crippen LogP contribution >= 0.6 is 0 Å². The number of ether oxygens (including phenoxy) is 1. The molecule has 4 nitrogen and oxygen atoms in total. The van der Waals surface area contributed by atoms with E-state index >= 15 is 0 Å². The number of benzene rings is 3. The summed E-state index contributed by atoms with van der Waals surface area (Å²) in [6, 6.07) is 15.4. The molecule has 0 aromatic heterocycles. The van der Waals surface area contributed by atoms with Crippen molar-refractivity contribution >= 4 is 24.7 Å². The fraction of sp³-hybridized carbons (Fsp3) is 0.217. The van der Waals surface area contributed by atoms with Gasteiger partial charge in [0, 0.05) is 28.3 Å². The minimum absolute atomic E-state index is 0.0672. The Morgan fingerprint density at radius 1 is 1.14 bits per heavy atom. The molecule has 4 rings (SSSR count). The first-order valence-corrected chi connectivity index (χ1v) is 9.20. The molecule has 2 unspecified atom stereocenters. The van der Waals surface area contributed by atoms with Gasteiger partial charge in [-0.25, -0.2) is 4.89 Å². The summed E-state index contributed by atoms with van der Waals surface area (Å²) in [6.45, 7) is 3.75. The summed E-state index contributed by atoms with van der Waals surface area (Å²) in [5.41, 5.74) is 2.19. The van der Waals surface area contributed by atoms with Crippen molar-refractivity contribution in [1.29, 1.82) is 0 Å². The highest BCUT2D eigenvalue weighted by Gasteiger charge is 2.31. The molecule has 2 radical (unpaired) electrons. The van der Waals surface area contributed by atoms with Crippen molar-refractivity contribution in [1.82, 2.24) is 0 Å². The zero-order valence-corrected chi connectivity index (χ0v) is 15.8. The van der Waals surface area contributed by atoms with Crippen LogP contribution in [0.15, 0.2) is 54.6 Å². The summed E-state index contributed by atoms with van der Waals surface area (Å²) in [4.78, 5) is 4.83. The number of hydrogen-bond acceptors (Lipinski definition) is 4. The van der Waals surface area contributed by atoms with Gasteiger partial charge in [-0.3, -0.25) is 5.26 Å². The van der Waals surface area contributed by atoms with Gasteiger partial charge in [-0.15, -0.1) is 0 Å². The van der Waals surface area contributed by atoms with Gasteiger partial charge in [0.15, 0.2) is 0 Å². The van der Waals surface area contributed by atoms with E-state index in [4.69, 9.17) is 17.5 Å². The molecule has 140 valence electrons. The minimum atomic E-state index is -0.965. The average Bonchev–Trinajstić information content (AvgIpc) is 2.68. The van der Waals surface area contributed by atoms with E-state index in [0.29, 0.717) is 28.7 Å². The quantitative estimate of drug-likeness (QED) is 0.388. The largest absolute Gasteiger partial charge is 0.507 e. The van der Waals surface area contributed by atoms with Crippen LogP contribution in [0.1, 0.15) is 35.3 Å². The maximum atomic E-state index is 11.1. The monoisotopic (exact) mass is 372 g/mol. The van der Waals surface area contributed by atoms with Gasteiger partial charge in [0.2, 0.25) is 0 Å². The lowest BCUT2D eigenvalue weighted by Crippen LogP contribution is -2.32. The third-order valence-electron chi connectivity index (χ3n) is 5.08. The number of phenols is 1. The molecule has 0 saturated heterocycles. The van der Waals surface area contributed by atoms with Gasteiger partial charge in [-0.05, 0) is 25.5 Å². The molecule has 0 spiro atoms. The molecule has 0 fully saturated rings. The number of rotatable bonds is 4. The Morgan fingerprint density at radius 2 is 1.89 bits per heavy atom. The molecular weight excluding hydrogens is 351 g/mol. The second-order valence-corrected chi connectivity index (χ2v) is 7.46. The number of fused-ring (bicyclic) bond motifs is 3. The Bertz CT molecular complexity index is 1060. The molecule has 3 aromatic carbocycles. The molecule has 1 heterocycles. The summed E-state index contributed by atoms with van der Waals surface area (Å²) in [5, 5.41) is 22.2. The van der Waals surface area contributed by atoms with E-state index in [9.17, 15) is 10.4 Å². The van der Waals surface area contributed by atoms with Crippen LogP contribution in [-0.4, -0.2) is 23.7 Å². The van der Waals surface area contributed by atoms with Crippen LogP contribution < -0.4 is 4.74 Å². The molecule has 0 amide bonds. The van der Waals surface area contributed by atoms with E-state index in [1.54, 1.807) is 13.0 Å². The van der Waals surface area contributed by atoms with Crippen molar-refractivity contribution in [3.63, 3.8) is 0 Å². The zero-order valence-electron chi connectivity index (χ0n) is 15.8. The number of phenolic OH excluding ortho intramolecular Hbond substituents is 1. The van der Waals surface area contributed by atoms with Crippen LogP contribution in [0.4, 0.5) is 0 Å². The van der Waals surface area contributed by atoms with E-state index in [0.717, 1.165) is 16.5 Å². The smallest absolute Gasteiger partial charge is 0.137 e. The fourth-order valence-electron chi connectivity index (χ4n) is 3.72. The lowest BCUT2D eigenvalue weighted by atomic mass is 9.79.